The lowest BCUT2D eigenvalue weighted by molar-refractivity contribution is 0.0376. The molecule has 0 unspecified atom stereocenters. The Kier molecular flexibility index (Phi) is 7.57. The molecule has 2 aromatic carbocycles. The minimum absolute atomic E-state index is 0.0741. The van der Waals surface area contributed by atoms with Gasteiger partial charge in [0.25, 0.3) is 5.91 Å². The van der Waals surface area contributed by atoms with E-state index in [9.17, 15) is 4.79 Å². The van der Waals surface area contributed by atoms with Crippen molar-refractivity contribution in [3.05, 3.63) is 48.0 Å². The van der Waals surface area contributed by atoms with Gasteiger partial charge in [-0.05, 0) is 49.7 Å². The second-order valence-corrected chi connectivity index (χ2v) is 8.56. The van der Waals surface area contributed by atoms with Crippen molar-refractivity contribution in [2.75, 3.05) is 58.0 Å². The summed E-state index contributed by atoms with van der Waals surface area (Å²) in [6.45, 7) is 7.50. The van der Waals surface area contributed by atoms with Crippen LogP contribution in [0.15, 0.2) is 42.5 Å². The Morgan fingerprint density at radius 3 is 2.81 bits per heavy atom. The first-order chi connectivity index (χ1) is 15.7. The first-order valence-corrected chi connectivity index (χ1v) is 11.8. The van der Waals surface area contributed by atoms with E-state index >= 15 is 0 Å². The predicted molar refractivity (Wildman–Crippen MR) is 127 cm³/mol. The molecule has 1 aromatic heterocycles. The quantitative estimate of drug-likeness (QED) is 0.485. The molecule has 0 saturated carbocycles. The number of morpholine rings is 1. The van der Waals surface area contributed by atoms with E-state index in [1.165, 1.54) is 11.3 Å². The van der Waals surface area contributed by atoms with Gasteiger partial charge in [0.2, 0.25) is 0 Å². The molecule has 170 valence electrons. The van der Waals surface area contributed by atoms with E-state index in [1.54, 1.807) is 18.1 Å². The molecule has 2 heterocycles. The molecular formula is C24H29N3O4S. The normalized spacial score (nSPS) is 14.4. The second-order valence-electron chi connectivity index (χ2n) is 7.56. The molecule has 4 rings (SSSR count). The number of hydrogen-bond acceptors (Lipinski definition) is 7. The molecule has 0 bridgehead atoms. The van der Waals surface area contributed by atoms with Crippen LogP contribution in [0.2, 0.25) is 0 Å². The van der Waals surface area contributed by atoms with Crippen LogP contribution in [-0.2, 0) is 4.74 Å². The summed E-state index contributed by atoms with van der Waals surface area (Å²) in [5.41, 5.74) is 1.45. The number of benzene rings is 2. The molecule has 0 N–H and O–H groups in total. The van der Waals surface area contributed by atoms with Crippen LogP contribution in [0.25, 0.3) is 10.2 Å². The number of amides is 1. The zero-order chi connectivity index (χ0) is 22.3. The SMILES string of the molecule is CCOc1ccc2nc(N(CCCN3CCOCC3)C(=O)c3cccc(OC)c3)sc2c1. The van der Waals surface area contributed by atoms with Crippen LogP contribution in [0, 0.1) is 0 Å². The highest BCUT2D eigenvalue weighted by molar-refractivity contribution is 7.22. The zero-order valence-electron chi connectivity index (χ0n) is 18.6. The topological polar surface area (TPSA) is 64.1 Å². The van der Waals surface area contributed by atoms with Crippen LogP contribution in [-0.4, -0.2) is 68.9 Å². The van der Waals surface area contributed by atoms with Gasteiger partial charge >= 0.3 is 0 Å². The number of methoxy groups -OCH3 is 1. The van der Waals surface area contributed by atoms with Gasteiger partial charge < -0.3 is 14.2 Å². The van der Waals surface area contributed by atoms with Crippen molar-refractivity contribution < 1.29 is 19.0 Å². The van der Waals surface area contributed by atoms with Crippen LogP contribution in [0.4, 0.5) is 5.13 Å². The summed E-state index contributed by atoms with van der Waals surface area (Å²) < 4.78 is 17.4. The lowest BCUT2D eigenvalue weighted by Crippen LogP contribution is -2.39. The van der Waals surface area contributed by atoms with E-state index in [4.69, 9.17) is 19.2 Å². The van der Waals surface area contributed by atoms with E-state index < -0.39 is 0 Å². The van der Waals surface area contributed by atoms with Crippen LogP contribution in [0.3, 0.4) is 0 Å². The minimum Gasteiger partial charge on any atom is -0.497 e. The molecule has 3 aromatic rings. The minimum atomic E-state index is -0.0741. The van der Waals surface area contributed by atoms with Gasteiger partial charge in [-0.15, -0.1) is 0 Å². The van der Waals surface area contributed by atoms with Crippen molar-refractivity contribution in [2.45, 2.75) is 13.3 Å². The van der Waals surface area contributed by atoms with E-state index in [1.807, 2.05) is 43.3 Å². The maximum atomic E-state index is 13.5. The molecule has 0 atom stereocenters. The monoisotopic (exact) mass is 455 g/mol. The van der Waals surface area contributed by atoms with Crippen molar-refractivity contribution in [1.82, 2.24) is 9.88 Å². The smallest absolute Gasteiger partial charge is 0.260 e. The van der Waals surface area contributed by atoms with Gasteiger partial charge in [-0.1, -0.05) is 17.4 Å². The summed E-state index contributed by atoms with van der Waals surface area (Å²) in [6, 6.07) is 13.1. The fourth-order valence-electron chi connectivity index (χ4n) is 3.74. The van der Waals surface area contributed by atoms with Gasteiger partial charge in [-0.3, -0.25) is 14.6 Å². The molecule has 7 nitrogen and oxygen atoms in total. The van der Waals surface area contributed by atoms with Crippen molar-refractivity contribution in [1.29, 1.82) is 0 Å². The van der Waals surface area contributed by atoms with Crippen molar-refractivity contribution in [2.24, 2.45) is 0 Å². The molecule has 0 radical (unpaired) electrons. The number of rotatable bonds is 9. The summed E-state index contributed by atoms with van der Waals surface area (Å²) >= 11 is 1.51. The number of aromatic nitrogens is 1. The lowest BCUT2D eigenvalue weighted by Gasteiger charge is -2.27. The summed E-state index contributed by atoms with van der Waals surface area (Å²) in [4.78, 5) is 22.5. The standard InChI is InChI=1S/C24H29N3O4S/c1-3-31-20-8-9-21-22(17-20)32-24(25-21)27(11-5-10-26-12-14-30-15-13-26)23(28)18-6-4-7-19(16-18)29-2/h4,6-9,16-17H,3,5,10-15H2,1-2H3. The summed E-state index contributed by atoms with van der Waals surface area (Å²) in [6.07, 6.45) is 0.857. The predicted octanol–water partition coefficient (Wildman–Crippen LogP) is 4.07. The Balaban J connectivity index is 1.58. The number of carbonyl (C=O) groups excluding carboxylic acids is 1. The Labute approximate surface area is 192 Å². The molecule has 8 heteroatoms. The third-order valence-electron chi connectivity index (χ3n) is 5.41. The fraction of sp³-hybridized carbons (Fsp3) is 0.417. The number of ether oxygens (including phenoxy) is 3. The first-order valence-electron chi connectivity index (χ1n) is 11.0. The highest BCUT2D eigenvalue weighted by Crippen LogP contribution is 2.32. The van der Waals surface area contributed by atoms with E-state index in [0.717, 1.165) is 55.2 Å². The molecule has 1 amide bonds. The summed E-state index contributed by atoms with van der Waals surface area (Å²) in [7, 11) is 1.60. The maximum absolute atomic E-state index is 13.5. The van der Waals surface area contributed by atoms with E-state index in [2.05, 4.69) is 4.90 Å². The Morgan fingerprint density at radius 1 is 1.19 bits per heavy atom. The number of fused-ring (bicyclic) bond motifs is 1. The molecule has 0 spiro atoms. The largest absolute Gasteiger partial charge is 0.497 e. The number of carbonyl (C=O) groups is 1. The van der Waals surface area contributed by atoms with Gasteiger partial charge in [-0.25, -0.2) is 4.98 Å². The number of anilines is 1. The Bertz CT molecular complexity index is 1050. The van der Waals surface area contributed by atoms with Crippen LogP contribution in [0.1, 0.15) is 23.7 Å². The molecule has 1 saturated heterocycles. The first kappa shape index (κ1) is 22.5. The lowest BCUT2D eigenvalue weighted by atomic mass is 10.2. The van der Waals surface area contributed by atoms with Crippen LogP contribution in [0.5, 0.6) is 11.5 Å². The molecular weight excluding hydrogens is 426 g/mol. The van der Waals surface area contributed by atoms with Crippen molar-refractivity contribution >= 4 is 32.6 Å². The average Bonchev–Trinajstić information content (AvgIpc) is 3.25. The average molecular weight is 456 g/mol. The molecule has 0 aliphatic carbocycles. The number of thiazole rings is 1. The van der Waals surface area contributed by atoms with Gasteiger partial charge in [-0.2, -0.15) is 0 Å². The molecule has 32 heavy (non-hydrogen) atoms. The summed E-state index contributed by atoms with van der Waals surface area (Å²) in [5.74, 6) is 1.40. The second kappa shape index (κ2) is 10.8. The third-order valence-corrected chi connectivity index (χ3v) is 6.45. The fourth-order valence-corrected chi connectivity index (χ4v) is 4.76. The molecule has 1 aliphatic rings. The van der Waals surface area contributed by atoms with E-state index in [-0.39, 0.29) is 5.91 Å². The third kappa shape index (κ3) is 5.38. The molecule has 1 fully saturated rings. The van der Waals surface area contributed by atoms with Crippen LogP contribution >= 0.6 is 11.3 Å². The Morgan fingerprint density at radius 2 is 2.03 bits per heavy atom. The highest BCUT2D eigenvalue weighted by Gasteiger charge is 2.22. The highest BCUT2D eigenvalue weighted by atomic mass is 32.1. The van der Waals surface area contributed by atoms with Crippen molar-refractivity contribution in [3.8, 4) is 11.5 Å². The molecule has 1 aliphatic heterocycles. The van der Waals surface area contributed by atoms with Crippen molar-refractivity contribution in [3.63, 3.8) is 0 Å². The van der Waals surface area contributed by atoms with Gasteiger partial charge in [0.05, 0.1) is 37.1 Å². The number of hydrogen-bond donors (Lipinski definition) is 0. The van der Waals surface area contributed by atoms with E-state index in [0.29, 0.717) is 29.6 Å². The van der Waals surface area contributed by atoms with Gasteiger partial charge in [0, 0.05) is 31.7 Å². The Hall–Kier alpha value is -2.68. The zero-order valence-corrected chi connectivity index (χ0v) is 19.4. The number of nitrogens with zero attached hydrogens (tertiary/aromatic N) is 3. The van der Waals surface area contributed by atoms with Gasteiger partial charge in [0.15, 0.2) is 5.13 Å². The maximum Gasteiger partial charge on any atom is 0.260 e. The van der Waals surface area contributed by atoms with Gasteiger partial charge in [0.1, 0.15) is 11.5 Å². The summed E-state index contributed by atoms with van der Waals surface area (Å²) in [5, 5.41) is 0.698. The van der Waals surface area contributed by atoms with Crippen LogP contribution < -0.4 is 14.4 Å².